The number of nitrogens with zero attached hydrogens (tertiary/aromatic N) is 3. The van der Waals surface area contributed by atoms with Crippen LogP contribution in [0, 0.1) is 0 Å². The predicted molar refractivity (Wildman–Crippen MR) is 83.3 cm³/mol. The first-order valence-electron chi connectivity index (χ1n) is 6.33. The number of anilines is 1. The lowest BCUT2D eigenvalue weighted by atomic mass is 10.1. The summed E-state index contributed by atoms with van der Waals surface area (Å²) in [5.41, 5.74) is 1.94. The molecule has 1 aliphatic rings. The predicted octanol–water partition coefficient (Wildman–Crippen LogP) is 2.78. The maximum atomic E-state index is 11.8. The first-order chi connectivity index (χ1) is 10.1. The molecule has 6 nitrogen and oxygen atoms in total. The molecular weight excluding hydrogens is 288 g/mol. The molecule has 0 fully saturated rings. The van der Waals surface area contributed by atoms with E-state index in [2.05, 4.69) is 34.0 Å². The quantitative estimate of drug-likeness (QED) is 0.868. The molecule has 0 radical (unpaired) electrons. The van der Waals surface area contributed by atoms with E-state index in [1.165, 1.54) is 5.56 Å². The molecule has 0 spiro atoms. The average Bonchev–Trinajstić information content (AvgIpc) is 2.49. The summed E-state index contributed by atoms with van der Waals surface area (Å²) < 4.78 is 0. The van der Waals surface area contributed by atoms with E-state index in [0.717, 1.165) is 23.9 Å². The molecule has 1 aromatic rings. The Hall–Kier alpha value is -2.28. The van der Waals surface area contributed by atoms with Gasteiger partial charge in [0.15, 0.2) is 0 Å². The Kier molecular flexibility index (Phi) is 4.99. The number of aryl methyl sites for hydroxylation is 1. The zero-order valence-corrected chi connectivity index (χ0v) is 12.3. The van der Waals surface area contributed by atoms with Gasteiger partial charge in [0.1, 0.15) is 5.70 Å². The molecule has 0 atom stereocenters. The minimum absolute atomic E-state index is 0.000171. The van der Waals surface area contributed by atoms with Crippen molar-refractivity contribution in [3.8, 4) is 0 Å². The van der Waals surface area contributed by atoms with Gasteiger partial charge >= 0.3 is 0 Å². The maximum Gasteiger partial charge on any atom is 0.299 e. The van der Waals surface area contributed by atoms with Crippen LogP contribution in [0.25, 0.3) is 0 Å². The van der Waals surface area contributed by atoms with Crippen molar-refractivity contribution in [2.45, 2.75) is 13.3 Å². The van der Waals surface area contributed by atoms with Crippen LogP contribution in [0.3, 0.4) is 0 Å². The minimum Gasteiger partial charge on any atom is -0.325 e. The molecule has 2 amide bonds. The van der Waals surface area contributed by atoms with Crippen LogP contribution in [0.1, 0.15) is 12.5 Å². The fourth-order valence-electron chi connectivity index (χ4n) is 1.53. The Labute approximate surface area is 126 Å². The summed E-state index contributed by atoms with van der Waals surface area (Å²) in [6.45, 7) is 5.46. The van der Waals surface area contributed by atoms with Crippen LogP contribution in [-0.2, 0) is 16.0 Å². The van der Waals surface area contributed by atoms with Crippen molar-refractivity contribution in [3.05, 3.63) is 42.1 Å². The van der Waals surface area contributed by atoms with Crippen molar-refractivity contribution in [2.24, 2.45) is 15.2 Å². The van der Waals surface area contributed by atoms with Gasteiger partial charge in [0.05, 0.1) is 5.75 Å². The van der Waals surface area contributed by atoms with Crippen molar-refractivity contribution in [3.63, 3.8) is 0 Å². The number of amidine groups is 1. The summed E-state index contributed by atoms with van der Waals surface area (Å²) in [6.07, 6.45) is 0.953. The highest BCUT2D eigenvalue weighted by atomic mass is 32.2. The van der Waals surface area contributed by atoms with Crippen molar-refractivity contribution in [1.82, 2.24) is 0 Å². The molecule has 0 aliphatic carbocycles. The smallest absolute Gasteiger partial charge is 0.299 e. The molecule has 21 heavy (non-hydrogen) atoms. The van der Waals surface area contributed by atoms with Gasteiger partial charge in [-0.1, -0.05) is 37.4 Å². The largest absolute Gasteiger partial charge is 0.325 e. The van der Waals surface area contributed by atoms with E-state index < -0.39 is 5.91 Å². The first kappa shape index (κ1) is 15.1. The van der Waals surface area contributed by atoms with Crippen LogP contribution in [0.15, 0.2) is 51.8 Å². The summed E-state index contributed by atoms with van der Waals surface area (Å²) in [4.78, 5) is 26.7. The second kappa shape index (κ2) is 6.94. The first-order valence-corrected chi connectivity index (χ1v) is 7.32. The lowest BCUT2D eigenvalue weighted by molar-refractivity contribution is -0.115. The fraction of sp³-hybridized carbons (Fsp3) is 0.214. The number of hydrogen-bond donors (Lipinski definition) is 1. The Balaban J connectivity index is 1.85. The molecule has 0 aromatic heterocycles. The van der Waals surface area contributed by atoms with E-state index in [4.69, 9.17) is 0 Å². The summed E-state index contributed by atoms with van der Waals surface area (Å²) in [6, 6.07) is 7.64. The second-order valence-corrected chi connectivity index (χ2v) is 5.18. The van der Waals surface area contributed by atoms with Crippen molar-refractivity contribution >= 4 is 34.4 Å². The number of azo groups is 1. The molecule has 108 valence electrons. The number of carbonyl (C=O) groups is 2. The number of rotatable bonds is 4. The van der Waals surface area contributed by atoms with Gasteiger partial charge in [-0.3, -0.25) is 9.59 Å². The van der Waals surface area contributed by atoms with Crippen molar-refractivity contribution in [1.29, 1.82) is 0 Å². The van der Waals surface area contributed by atoms with Gasteiger partial charge < -0.3 is 5.32 Å². The Bertz CT molecular complexity index is 635. The molecule has 7 heteroatoms. The minimum atomic E-state index is -0.525. The molecule has 1 N–H and O–H groups in total. The molecule has 0 bridgehead atoms. The number of thioether (sulfide) groups is 1. The molecular formula is C14H14N4O2S. The third-order valence-electron chi connectivity index (χ3n) is 2.68. The van der Waals surface area contributed by atoms with Crippen molar-refractivity contribution < 1.29 is 9.59 Å². The molecule has 1 aromatic carbocycles. The van der Waals surface area contributed by atoms with E-state index in [9.17, 15) is 9.59 Å². The zero-order valence-electron chi connectivity index (χ0n) is 11.5. The third kappa shape index (κ3) is 4.35. The van der Waals surface area contributed by atoms with Gasteiger partial charge in [-0.05, 0) is 24.1 Å². The topological polar surface area (TPSA) is 83.2 Å². The van der Waals surface area contributed by atoms with E-state index in [0.29, 0.717) is 0 Å². The summed E-state index contributed by atoms with van der Waals surface area (Å²) in [5.74, 6) is -0.616. The molecule has 0 saturated heterocycles. The van der Waals surface area contributed by atoms with Gasteiger partial charge in [-0.15, -0.1) is 10.2 Å². The second-order valence-electron chi connectivity index (χ2n) is 4.23. The molecule has 0 saturated carbocycles. The SMILES string of the molecule is C=C1N=NC(SCC(=O)Nc2ccc(CC)cc2)=NC1=O. The van der Waals surface area contributed by atoms with Gasteiger partial charge in [0, 0.05) is 5.69 Å². The van der Waals surface area contributed by atoms with Crippen LogP contribution in [-0.4, -0.2) is 22.7 Å². The normalized spacial score (nSPS) is 14.0. The standard InChI is InChI=1S/C14H14N4O2S/c1-3-10-4-6-11(7-5-10)15-12(19)8-21-14-16-13(20)9(2)17-18-14/h4-7H,2-3,8H2,1H3,(H,15,19). The van der Waals surface area contributed by atoms with Gasteiger partial charge in [0.2, 0.25) is 11.1 Å². The number of carbonyl (C=O) groups excluding carboxylic acids is 2. The van der Waals surface area contributed by atoms with E-state index >= 15 is 0 Å². The number of aliphatic imine (C=N–C) groups is 1. The van der Waals surface area contributed by atoms with Crippen LogP contribution >= 0.6 is 11.8 Å². The van der Waals surface area contributed by atoms with E-state index in [-0.39, 0.29) is 22.5 Å². The monoisotopic (exact) mass is 302 g/mol. The molecule has 1 aliphatic heterocycles. The lowest BCUT2D eigenvalue weighted by Gasteiger charge is -2.06. The number of hydrogen-bond acceptors (Lipinski definition) is 5. The summed E-state index contributed by atoms with van der Waals surface area (Å²) in [5, 5.41) is 10.2. The summed E-state index contributed by atoms with van der Waals surface area (Å²) in [7, 11) is 0. The molecule has 2 rings (SSSR count). The van der Waals surface area contributed by atoms with Crippen LogP contribution < -0.4 is 5.32 Å². The molecule has 1 heterocycles. The van der Waals surface area contributed by atoms with E-state index in [1.807, 2.05) is 24.3 Å². The number of nitrogens with one attached hydrogen (secondary N) is 1. The Morgan fingerprint density at radius 1 is 1.29 bits per heavy atom. The van der Waals surface area contributed by atoms with Crippen LogP contribution in [0.2, 0.25) is 0 Å². The average molecular weight is 302 g/mol. The van der Waals surface area contributed by atoms with Crippen LogP contribution in [0.5, 0.6) is 0 Å². The zero-order chi connectivity index (χ0) is 15.2. The maximum absolute atomic E-state index is 11.8. The lowest BCUT2D eigenvalue weighted by Crippen LogP contribution is -2.15. The Morgan fingerprint density at radius 2 is 2.00 bits per heavy atom. The molecule has 0 unspecified atom stereocenters. The highest BCUT2D eigenvalue weighted by Crippen LogP contribution is 2.15. The fourth-order valence-corrected chi connectivity index (χ4v) is 2.11. The third-order valence-corrected chi connectivity index (χ3v) is 3.52. The van der Waals surface area contributed by atoms with E-state index in [1.54, 1.807) is 0 Å². The van der Waals surface area contributed by atoms with Crippen molar-refractivity contribution in [2.75, 3.05) is 11.1 Å². The number of amides is 2. The Morgan fingerprint density at radius 3 is 2.62 bits per heavy atom. The summed E-state index contributed by atoms with van der Waals surface area (Å²) >= 11 is 1.05. The van der Waals surface area contributed by atoms with Gasteiger partial charge in [-0.2, -0.15) is 4.99 Å². The number of benzene rings is 1. The highest BCUT2D eigenvalue weighted by molar-refractivity contribution is 8.14. The van der Waals surface area contributed by atoms with Gasteiger partial charge in [-0.25, -0.2) is 0 Å². The van der Waals surface area contributed by atoms with Gasteiger partial charge in [0.25, 0.3) is 5.91 Å². The highest BCUT2D eigenvalue weighted by Gasteiger charge is 2.14. The van der Waals surface area contributed by atoms with Crippen LogP contribution in [0.4, 0.5) is 5.69 Å².